The van der Waals surface area contributed by atoms with Crippen LogP contribution in [-0.2, 0) is 28.0 Å². The van der Waals surface area contributed by atoms with E-state index in [1.165, 1.54) is 96.8 Å². The zero-order valence-electron chi connectivity index (χ0n) is 21.1. The van der Waals surface area contributed by atoms with Crippen LogP contribution in [0.4, 0.5) is 14.5 Å². The SMILES string of the molecule is CC(=O)Nc1ccc(S(=O)(=O)Oc2cc(Cl)ccc2CN(Cc2ccc(F)cc2)C(=O)c2cccc(F)c2)cc1. The van der Waals surface area contributed by atoms with Gasteiger partial charge in [-0.1, -0.05) is 35.9 Å². The second-order valence-electron chi connectivity index (χ2n) is 8.79. The number of carbonyl (C=O) groups is 2. The molecule has 4 rings (SSSR count). The van der Waals surface area contributed by atoms with Crippen LogP contribution >= 0.6 is 11.6 Å². The lowest BCUT2D eigenvalue weighted by Crippen LogP contribution is -2.30. The van der Waals surface area contributed by atoms with E-state index in [4.69, 9.17) is 15.8 Å². The van der Waals surface area contributed by atoms with Crippen molar-refractivity contribution in [2.24, 2.45) is 0 Å². The average Bonchev–Trinajstić information content (AvgIpc) is 2.90. The van der Waals surface area contributed by atoms with Crippen molar-refractivity contribution in [3.8, 4) is 5.75 Å². The molecule has 0 aliphatic rings. The molecule has 0 atom stereocenters. The van der Waals surface area contributed by atoms with Crippen molar-refractivity contribution in [3.63, 3.8) is 0 Å². The number of benzene rings is 4. The van der Waals surface area contributed by atoms with E-state index in [1.807, 2.05) is 0 Å². The first-order valence-corrected chi connectivity index (χ1v) is 13.7. The van der Waals surface area contributed by atoms with Crippen LogP contribution < -0.4 is 9.50 Å². The Morgan fingerprint density at radius 2 is 1.57 bits per heavy atom. The molecule has 1 N–H and O–H groups in total. The standard InChI is InChI=1S/C29H23ClF2N2O5S/c1-19(35)33-26-11-13-27(14-12-26)40(37,38)39-28-16-23(30)8-7-22(28)18-34(17-20-5-9-24(31)10-6-20)29(36)21-3-2-4-25(32)15-21/h2-16H,17-18H2,1H3,(H,33,35). The van der Waals surface area contributed by atoms with Gasteiger partial charge < -0.3 is 14.4 Å². The van der Waals surface area contributed by atoms with E-state index in [9.17, 15) is 26.8 Å². The normalized spacial score (nSPS) is 11.1. The lowest BCUT2D eigenvalue weighted by molar-refractivity contribution is -0.114. The maximum Gasteiger partial charge on any atom is 0.339 e. The average molecular weight is 585 g/mol. The maximum atomic E-state index is 13.9. The fraction of sp³-hybridized carbons (Fsp3) is 0.103. The van der Waals surface area contributed by atoms with Gasteiger partial charge in [-0.2, -0.15) is 8.42 Å². The first-order chi connectivity index (χ1) is 19.0. The van der Waals surface area contributed by atoms with Crippen LogP contribution in [0.3, 0.4) is 0 Å². The molecule has 206 valence electrons. The molecule has 0 aromatic heterocycles. The Morgan fingerprint density at radius 3 is 2.23 bits per heavy atom. The highest BCUT2D eigenvalue weighted by molar-refractivity contribution is 7.87. The number of rotatable bonds is 9. The third kappa shape index (κ3) is 7.43. The van der Waals surface area contributed by atoms with Gasteiger partial charge in [-0.3, -0.25) is 9.59 Å². The van der Waals surface area contributed by atoms with Gasteiger partial charge in [0.15, 0.2) is 0 Å². The summed E-state index contributed by atoms with van der Waals surface area (Å²) in [5.74, 6) is -2.02. The number of nitrogens with zero attached hydrogens (tertiary/aromatic N) is 1. The number of hydrogen-bond donors (Lipinski definition) is 1. The van der Waals surface area contributed by atoms with Crippen LogP contribution in [0.15, 0.2) is 95.9 Å². The molecule has 0 saturated carbocycles. The molecule has 4 aromatic rings. The lowest BCUT2D eigenvalue weighted by atomic mass is 10.1. The van der Waals surface area contributed by atoms with Crippen molar-refractivity contribution in [2.45, 2.75) is 24.9 Å². The lowest BCUT2D eigenvalue weighted by Gasteiger charge is -2.24. The van der Waals surface area contributed by atoms with Crippen molar-refractivity contribution in [3.05, 3.63) is 124 Å². The molecule has 2 amide bonds. The van der Waals surface area contributed by atoms with E-state index >= 15 is 0 Å². The van der Waals surface area contributed by atoms with Crippen LogP contribution in [-0.4, -0.2) is 25.1 Å². The van der Waals surface area contributed by atoms with E-state index in [1.54, 1.807) is 0 Å². The molecule has 0 aliphatic heterocycles. The smallest absolute Gasteiger partial charge is 0.339 e. The van der Waals surface area contributed by atoms with Crippen LogP contribution in [0.2, 0.25) is 5.02 Å². The van der Waals surface area contributed by atoms with Gasteiger partial charge in [0.1, 0.15) is 22.3 Å². The van der Waals surface area contributed by atoms with Crippen molar-refractivity contribution in [1.29, 1.82) is 0 Å². The zero-order chi connectivity index (χ0) is 28.9. The molecule has 7 nitrogen and oxygen atoms in total. The summed E-state index contributed by atoms with van der Waals surface area (Å²) in [5, 5.41) is 2.74. The summed E-state index contributed by atoms with van der Waals surface area (Å²) in [6, 6.07) is 20.4. The monoisotopic (exact) mass is 584 g/mol. The largest absolute Gasteiger partial charge is 0.379 e. The number of amides is 2. The highest BCUT2D eigenvalue weighted by atomic mass is 35.5. The summed E-state index contributed by atoms with van der Waals surface area (Å²) in [7, 11) is -4.34. The highest BCUT2D eigenvalue weighted by Crippen LogP contribution is 2.29. The van der Waals surface area contributed by atoms with Crippen LogP contribution in [0.1, 0.15) is 28.4 Å². The van der Waals surface area contributed by atoms with E-state index in [0.717, 1.165) is 6.07 Å². The quantitative estimate of drug-likeness (QED) is 0.237. The van der Waals surface area contributed by atoms with Gasteiger partial charge >= 0.3 is 10.1 Å². The Balaban J connectivity index is 1.66. The third-order valence-electron chi connectivity index (χ3n) is 5.70. The minimum absolute atomic E-state index is 0.00898. The number of halogens is 3. The van der Waals surface area contributed by atoms with Crippen molar-refractivity contribution >= 4 is 39.2 Å². The molecule has 0 spiro atoms. The van der Waals surface area contributed by atoms with E-state index < -0.39 is 27.7 Å². The molecule has 4 aromatic carbocycles. The van der Waals surface area contributed by atoms with Crippen LogP contribution in [0, 0.1) is 11.6 Å². The van der Waals surface area contributed by atoms with Gasteiger partial charge in [-0.05, 0) is 66.2 Å². The van der Waals surface area contributed by atoms with Gasteiger partial charge in [-0.25, -0.2) is 8.78 Å². The number of carbonyl (C=O) groups excluding carboxylic acids is 2. The molecule has 0 radical (unpaired) electrons. The molecule has 11 heteroatoms. The predicted molar refractivity (Wildman–Crippen MR) is 146 cm³/mol. The summed E-state index contributed by atoms with van der Waals surface area (Å²) < 4.78 is 59.0. The second-order valence-corrected chi connectivity index (χ2v) is 10.8. The number of hydrogen-bond acceptors (Lipinski definition) is 5. The number of nitrogens with one attached hydrogen (secondary N) is 1. The third-order valence-corrected chi connectivity index (χ3v) is 7.18. The van der Waals surface area contributed by atoms with Crippen molar-refractivity contribution in [1.82, 2.24) is 4.90 Å². The Labute approximate surface area is 235 Å². The molecule has 0 fully saturated rings. The first kappa shape index (κ1) is 28.7. The Morgan fingerprint density at radius 1 is 0.875 bits per heavy atom. The molecular weight excluding hydrogens is 562 g/mol. The van der Waals surface area contributed by atoms with Gasteiger partial charge in [0.2, 0.25) is 5.91 Å². The second kappa shape index (κ2) is 12.3. The molecular formula is C29H23ClF2N2O5S. The molecule has 0 unspecified atom stereocenters. The Hall–Kier alpha value is -4.28. The van der Waals surface area contributed by atoms with E-state index in [2.05, 4.69) is 5.32 Å². The van der Waals surface area contributed by atoms with Gasteiger partial charge in [0, 0.05) is 41.4 Å². The summed E-state index contributed by atoms with van der Waals surface area (Å²) in [4.78, 5) is 25.9. The van der Waals surface area contributed by atoms with Gasteiger partial charge in [0.25, 0.3) is 5.91 Å². The maximum absolute atomic E-state index is 13.9. The fourth-order valence-corrected chi connectivity index (χ4v) is 4.95. The number of anilines is 1. The summed E-state index contributed by atoms with van der Waals surface area (Å²) in [6.07, 6.45) is 0. The van der Waals surface area contributed by atoms with Crippen LogP contribution in [0.5, 0.6) is 5.75 Å². The Kier molecular flexibility index (Phi) is 8.81. The van der Waals surface area contributed by atoms with E-state index in [-0.39, 0.29) is 40.2 Å². The van der Waals surface area contributed by atoms with Gasteiger partial charge in [0.05, 0.1) is 6.54 Å². The minimum Gasteiger partial charge on any atom is -0.379 e. The summed E-state index contributed by atoms with van der Waals surface area (Å²) >= 11 is 6.15. The Bertz CT molecular complexity index is 1650. The van der Waals surface area contributed by atoms with Crippen molar-refractivity contribution < 1.29 is 31.0 Å². The fourth-order valence-electron chi connectivity index (χ4n) is 3.83. The molecule has 40 heavy (non-hydrogen) atoms. The highest BCUT2D eigenvalue weighted by Gasteiger charge is 2.23. The summed E-state index contributed by atoms with van der Waals surface area (Å²) in [6.45, 7) is 1.19. The van der Waals surface area contributed by atoms with E-state index in [0.29, 0.717) is 16.8 Å². The molecule has 0 aliphatic carbocycles. The zero-order valence-corrected chi connectivity index (χ0v) is 22.7. The minimum atomic E-state index is -4.34. The van der Waals surface area contributed by atoms with Gasteiger partial charge in [-0.15, -0.1) is 0 Å². The molecule has 0 bridgehead atoms. The summed E-state index contributed by atoms with van der Waals surface area (Å²) in [5.41, 5.74) is 1.37. The first-order valence-electron chi connectivity index (χ1n) is 11.9. The topological polar surface area (TPSA) is 92.8 Å². The molecule has 0 heterocycles. The van der Waals surface area contributed by atoms with Crippen LogP contribution in [0.25, 0.3) is 0 Å². The predicted octanol–water partition coefficient (Wildman–Crippen LogP) is 6.19. The van der Waals surface area contributed by atoms with Crippen molar-refractivity contribution in [2.75, 3.05) is 5.32 Å². The molecule has 0 saturated heterocycles.